The Kier molecular flexibility index (Phi) is 4.74. The molecule has 1 aliphatic rings. The Bertz CT molecular complexity index is 500. The highest BCUT2D eigenvalue weighted by Crippen LogP contribution is 2.20. The average molecular weight is 277 g/mol. The lowest BCUT2D eigenvalue weighted by molar-refractivity contribution is -0.143. The normalized spacial score (nSPS) is 18.9. The number of benzene rings is 1. The van der Waals surface area contributed by atoms with Gasteiger partial charge in [-0.1, -0.05) is 12.1 Å². The summed E-state index contributed by atoms with van der Waals surface area (Å²) < 4.78 is 5.05. The fourth-order valence-electron chi connectivity index (χ4n) is 2.56. The number of likely N-dealkylation sites (tertiary alicyclic amines) is 1. The third kappa shape index (κ3) is 3.17. The number of rotatable bonds is 4. The summed E-state index contributed by atoms with van der Waals surface area (Å²) in [4.78, 5) is 25.2. The largest absolute Gasteiger partial charge is 0.480 e. The summed E-state index contributed by atoms with van der Waals surface area (Å²) in [5.74, 6) is -1.14. The molecule has 2 rings (SSSR count). The van der Waals surface area contributed by atoms with Crippen LogP contribution in [-0.4, -0.2) is 41.6 Å². The highest BCUT2D eigenvalue weighted by molar-refractivity contribution is 5.96. The molecule has 1 unspecified atom stereocenters. The monoisotopic (exact) mass is 277 g/mol. The van der Waals surface area contributed by atoms with Crippen LogP contribution < -0.4 is 0 Å². The number of carboxylic acids is 1. The van der Waals surface area contributed by atoms with Crippen molar-refractivity contribution in [3.8, 4) is 0 Å². The van der Waals surface area contributed by atoms with Gasteiger partial charge in [0.05, 0.1) is 6.61 Å². The molecule has 1 aromatic rings. The van der Waals surface area contributed by atoms with E-state index in [2.05, 4.69) is 0 Å². The molecule has 1 heterocycles. The SMILES string of the molecule is COCc1cccc(C(=O)N2CCCCC2C(=O)O)c1. The number of carbonyl (C=O) groups excluding carboxylic acids is 1. The fourth-order valence-corrected chi connectivity index (χ4v) is 2.56. The van der Waals surface area contributed by atoms with Crippen molar-refractivity contribution in [1.29, 1.82) is 0 Å². The van der Waals surface area contributed by atoms with Gasteiger partial charge in [-0.3, -0.25) is 4.79 Å². The first-order valence-corrected chi connectivity index (χ1v) is 6.75. The van der Waals surface area contributed by atoms with Crippen LogP contribution in [0.15, 0.2) is 24.3 Å². The number of nitrogens with zero attached hydrogens (tertiary/aromatic N) is 1. The molecular formula is C15H19NO4. The maximum absolute atomic E-state index is 12.5. The molecule has 0 radical (unpaired) electrons. The van der Waals surface area contributed by atoms with Crippen LogP contribution >= 0.6 is 0 Å². The van der Waals surface area contributed by atoms with Crippen LogP contribution in [0.2, 0.25) is 0 Å². The van der Waals surface area contributed by atoms with Crippen LogP contribution in [0.25, 0.3) is 0 Å². The van der Waals surface area contributed by atoms with Gasteiger partial charge in [-0.25, -0.2) is 4.79 Å². The minimum absolute atomic E-state index is 0.213. The molecule has 0 spiro atoms. The predicted octanol–water partition coefficient (Wildman–Crippen LogP) is 1.91. The lowest BCUT2D eigenvalue weighted by Crippen LogP contribution is -2.48. The molecule has 1 saturated heterocycles. The average Bonchev–Trinajstić information content (AvgIpc) is 2.47. The Morgan fingerprint density at radius 2 is 2.20 bits per heavy atom. The van der Waals surface area contributed by atoms with Gasteiger partial charge in [0.2, 0.25) is 0 Å². The highest BCUT2D eigenvalue weighted by Gasteiger charge is 2.32. The summed E-state index contributed by atoms with van der Waals surface area (Å²) in [7, 11) is 1.60. The van der Waals surface area contributed by atoms with Crippen molar-refractivity contribution in [3.63, 3.8) is 0 Å². The second-order valence-corrected chi connectivity index (χ2v) is 4.98. The van der Waals surface area contributed by atoms with E-state index in [0.29, 0.717) is 25.1 Å². The number of aliphatic carboxylic acids is 1. The summed E-state index contributed by atoms with van der Waals surface area (Å²) in [6.07, 6.45) is 2.23. The van der Waals surface area contributed by atoms with Gasteiger partial charge < -0.3 is 14.7 Å². The van der Waals surface area contributed by atoms with Gasteiger partial charge in [0.15, 0.2) is 0 Å². The van der Waals surface area contributed by atoms with Crippen molar-refractivity contribution in [2.75, 3.05) is 13.7 Å². The van der Waals surface area contributed by atoms with Gasteiger partial charge in [-0.15, -0.1) is 0 Å². The Morgan fingerprint density at radius 1 is 1.40 bits per heavy atom. The maximum Gasteiger partial charge on any atom is 0.326 e. The van der Waals surface area contributed by atoms with Gasteiger partial charge in [0.1, 0.15) is 6.04 Å². The van der Waals surface area contributed by atoms with Crippen LogP contribution in [0.1, 0.15) is 35.2 Å². The molecule has 1 N–H and O–H groups in total. The zero-order chi connectivity index (χ0) is 14.5. The summed E-state index contributed by atoms with van der Waals surface area (Å²) in [5, 5.41) is 9.23. The lowest BCUT2D eigenvalue weighted by Gasteiger charge is -2.33. The van der Waals surface area contributed by atoms with E-state index < -0.39 is 12.0 Å². The zero-order valence-electron chi connectivity index (χ0n) is 11.5. The van der Waals surface area contributed by atoms with E-state index in [0.717, 1.165) is 18.4 Å². The van der Waals surface area contributed by atoms with E-state index in [9.17, 15) is 14.7 Å². The van der Waals surface area contributed by atoms with Gasteiger partial charge in [0.25, 0.3) is 5.91 Å². The topological polar surface area (TPSA) is 66.8 Å². The van der Waals surface area contributed by atoms with Gasteiger partial charge in [-0.05, 0) is 37.0 Å². The first kappa shape index (κ1) is 14.5. The number of methoxy groups -OCH3 is 1. The molecule has 5 nitrogen and oxygen atoms in total. The van der Waals surface area contributed by atoms with E-state index >= 15 is 0 Å². The first-order chi connectivity index (χ1) is 9.63. The second-order valence-electron chi connectivity index (χ2n) is 4.98. The van der Waals surface area contributed by atoms with Crippen LogP contribution in [0.3, 0.4) is 0 Å². The molecule has 0 bridgehead atoms. The smallest absolute Gasteiger partial charge is 0.326 e. The van der Waals surface area contributed by atoms with Crippen molar-refractivity contribution < 1.29 is 19.4 Å². The van der Waals surface area contributed by atoms with Crippen molar-refractivity contribution in [2.45, 2.75) is 31.9 Å². The number of carboxylic acid groups (broad SMARTS) is 1. The standard InChI is InChI=1S/C15H19NO4/c1-20-10-11-5-4-6-12(9-11)14(17)16-8-3-2-7-13(16)15(18)19/h4-6,9,13H,2-3,7-8,10H2,1H3,(H,18,19). The summed E-state index contributed by atoms with van der Waals surface area (Å²) in [5.41, 5.74) is 1.43. The van der Waals surface area contributed by atoms with Gasteiger partial charge in [-0.2, -0.15) is 0 Å². The van der Waals surface area contributed by atoms with Gasteiger partial charge >= 0.3 is 5.97 Å². The van der Waals surface area contributed by atoms with E-state index in [-0.39, 0.29) is 5.91 Å². The number of carbonyl (C=O) groups is 2. The van der Waals surface area contributed by atoms with E-state index in [1.165, 1.54) is 4.90 Å². The van der Waals surface area contributed by atoms with E-state index in [1.54, 1.807) is 25.3 Å². The fraction of sp³-hybridized carbons (Fsp3) is 0.467. The lowest BCUT2D eigenvalue weighted by atomic mass is 10.0. The van der Waals surface area contributed by atoms with Crippen LogP contribution in [-0.2, 0) is 16.1 Å². The Labute approximate surface area is 118 Å². The molecule has 0 aromatic heterocycles. The Balaban J connectivity index is 2.20. The first-order valence-electron chi connectivity index (χ1n) is 6.75. The van der Waals surface area contributed by atoms with Crippen LogP contribution in [0.5, 0.6) is 0 Å². The van der Waals surface area contributed by atoms with Crippen LogP contribution in [0.4, 0.5) is 0 Å². The molecule has 1 aromatic carbocycles. The molecule has 1 amide bonds. The van der Waals surface area contributed by atoms with Crippen LogP contribution in [0, 0.1) is 0 Å². The minimum atomic E-state index is -0.925. The molecule has 20 heavy (non-hydrogen) atoms. The quantitative estimate of drug-likeness (QED) is 0.913. The molecular weight excluding hydrogens is 258 g/mol. The molecule has 1 atom stereocenters. The van der Waals surface area contributed by atoms with Gasteiger partial charge in [0, 0.05) is 19.2 Å². The molecule has 0 aliphatic carbocycles. The third-order valence-electron chi connectivity index (χ3n) is 3.53. The second kappa shape index (κ2) is 6.52. The number of ether oxygens (including phenoxy) is 1. The van der Waals surface area contributed by atoms with E-state index in [4.69, 9.17) is 4.74 Å². The molecule has 5 heteroatoms. The number of hydrogen-bond acceptors (Lipinski definition) is 3. The molecule has 1 fully saturated rings. The van der Waals surface area contributed by atoms with Crippen molar-refractivity contribution in [2.24, 2.45) is 0 Å². The van der Waals surface area contributed by atoms with E-state index in [1.807, 2.05) is 6.07 Å². The molecule has 108 valence electrons. The maximum atomic E-state index is 12.5. The Morgan fingerprint density at radius 3 is 2.90 bits per heavy atom. The highest BCUT2D eigenvalue weighted by atomic mass is 16.5. The minimum Gasteiger partial charge on any atom is -0.480 e. The predicted molar refractivity (Wildman–Crippen MR) is 73.5 cm³/mol. The number of hydrogen-bond donors (Lipinski definition) is 1. The summed E-state index contributed by atoms with van der Waals surface area (Å²) in [6, 6.07) is 6.45. The van der Waals surface area contributed by atoms with Crippen molar-refractivity contribution in [3.05, 3.63) is 35.4 Å². The number of amides is 1. The Hall–Kier alpha value is -1.88. The van der Waals surface area contributed by atoms with Crippen molar-refractivity contribution in [1.82, 2.24) is 4.90 Å². The molecule has 1 aliphatic heterocycles. The summed E-state index contributed by atoms with van der Waals surface area (Å²) in [6.45, 7) is 0.938. The summed E-state index contributed by atoms with van der Waals surface area (Å²) >= 11 is 0. The number of piperidine rings is 1. The van der Waals surface area contributed by atoms with Crippen molar-refractivity contribution >= 4 is 11.9 Å². The zero-order valence-corrected chi connectivity index (χ0v) is 11.5. The molecule has 0 saturated carbocycles. The third-order valence-corrected chi connectivity index (χ3v) is 3.53.